The molecule has 1 unspecified atom stereocenters. The first-order valence-corrected chi connectivity index (χ1v) is 4.55. The van der Waals surface area contributed by atoms with Crippen molar-refractivity contribution in [2.75, 3.05) is 0 Å². The molecule has 0 aliphatic heterocycles. The zero-order valence-corrected chi connectivity index (χ0v) is 8.47. The zero-order valence-electron chi connectivity index (χ0n) is 7.71. The number of aliphatic hydroxyl groups excluding tert-OH is 1. The average Bonchev–Trinajstić information content (AvgIpc) is 2.06. The fourth-order valence-corrected chi connectivity index (χ4v) is 1.47. The van der Waals surface area contributed by atoms with Crippen LogP contribution in [0.2, 0.25) is 5.02 Å². The Morgan fingerprint density at radius 2 is 2.08 bits per heavy atom. The molecule has 0 amide bonds. The minimum absolute atomic E-state index is 0.111. The lowest BCUT2D eigenvalue weighted by Crippen LogP contribution is -2.04. The molecular formula is C10H13ClO2. The number of hydrogen-bond acceptors (Lipinski definition) is 2. The van der Waals surface area contributed by atoms with Crippen molar-refractivity contribution < 1.29 is 10.2 Å². The van der Waals surface area contributed by atoms with E-state index in [0.717, 1.165) is 11.1 Å². The van der Waals surface area contributed by atoms with Crippen molar-refractivity contribution >= 4 is 11.6 Å². The molecule has 0 heterocycles. The molecule has 13 heavy (non-hydrogen) atoms. The summed E-state index contributed by atoms with van der Waals surface area (Å²) in [5.74, 6) is 0.111. The lowest BCUT2D eigenvalue weighted by atomic mass is 10.1. The van der Waals surface area contributed by atoms with Gasteiger partial charge in [0.2, 0.25) is 0 Å². The van der Waals surface area contributed by atoms with E-state index in [1.807, 2.05) is 6.07 Å². The van der Waals surface area contributed by atoms with Crippen LogP contribution in [0.4, 0.5) is 0 Å². The molecule has 0 radical (unpaired) electrons. The predicted octanol–water partition coefficient (Wildman–Crippen LogP) is 2.28. The van der Waals surface area contributed by atoms with E-state index < -0.39 is 6.10 Å². The van der Waals surface area contributed by atoms with Gasteiger partial charge in [-0.2, -0.15) is 0 Å². The van der Waals surface area contributed by atoms with Crippen molar-refractivity contribution in [3.05, 3.63) is 28.3 Å². The van der Waals surface area contributed by atoms with Gasteiger partial charge in [0.05, 0.1) is 11.1 Å². The maximum absolute atomic E-state index is 9.49. The van der Waals surface area contributed by atoms with Gasteiger partial charge >= 0.3 is 0 Å². The molecule has 1 aromatic carbocycles. The average molecular weight is 201 g/mol. The summed E-state index contributed by atoms with van der Waals surface area (Å²) in [6.45, 7) is 3.47. The third-order valence-corrected chi connectivity index (χ3v) is 2.33. The quantitative estimate of drug-likeness (QED) is 0.769. The van der Waals surface area contributed by atoms with Gasteiger partial charge in [0, 0.05) is 0 Å². The van der Waals surface area contributed by atoms with E-state index in [9.17, 15) is 5.11 Å². The second-order valence-corrected chi connectivity index (χ2v) is 3.64. The van der Waals surface area contributed by atoms with Gasteiger partial charge in [-0.15, -0.1) is 0 Å². The van der Waals surface area contributed by atoms with E-state index in [0.29, 0.717) is 11.4 Å². The minimum Gasteiger partial charge on any atom is -0.506 e. The van der Waals surface area contributed by atoms with E-state index in [4.69, 9.17) is 16.7 Å². The minimum atomic E-state index is -0.445. The van der Waals surface area contributed by atoms with E-state index in [1.165, 1.54) is 0 Å². The van der Waals surface area contributed by atoms with Gasteiger partial charge in [0.1, 0.15) is 5.75 Å². The van der Waals surface area contributed by atoms with E-state index in [-0.39, 0.29) is 5.75 Å². The Labute approximate surface area is 82.8 Å². The second kappa shape index (κ2) is 3.99. The number of aromatic hydroxyl groups is 1. The molecule has 0 bridgehead atoms. The molecule has 1 aromatic rings. The SMILES string of the molecule is Cc1ccc(CC(C)O)c(Cl)c1O. The van der Waals surface area contributed by atoms with E-state index in [1.54, 1.807) is 19.9 Å². The molecule has 0 saturated carbocycles. The maximum Gasteiger partial charge on any atom is 0.137 e. The molecule has 0 fully saturated rings. The molecule has 2 nitrogen and oxygen atoms in total. The van der Waals surface area contributed by atoms with Gasteiger partial charge < -0.3 is 10.2 Å². The molecule has 0 saturated heterocycles. The van der Waals surface area contributed by atoms with Crippen molar-refractivity contribution in [1.29, 1.82) is 0 Å². The third-order valence-electron chi connectivity index (χ3n) is 1.91. The number of aliphatic hydroxyl groups is 1. The number of halogens is 1. The van der Waals surface area contributed by atoms with Crippen molar-refractivity contribution in [2.24, 2.45) is 0 Å². The summed E-state index contributed by atoms with van der Waals surface area (Å²) >= 11 is 5.88. The van der Waals surface area contributed by atoms with Crippen molar-refractivity contribution in [3.63, 3.8) is 0 Å². The maximum atomic E-state index is 9.49. The third kappa shape index (κ3) is 2.36. The zero-order chi connectivity index (χ0) is 10.0. The highest BCUT2D eigenvalue weighted by Gasteiger charge is 2.09. The van der Waals surface area contributed by atoms with Gasteiger partial charge in [-0.3, -0.25) is 0 Å². The summed E-state index contributed by atoms with van der Waals surface area (Å²) in [5, 5.41) is 19.0. The number of phenols is 1. The number of benzene rings is 1. The van der Waals surface area contributed by atoms with E-state index in [2.05, 4.69) is 0 Å². The van der Waals surface area contributed by atoms with Crippen LogP contribution in [0.15, 0.2) is 12.1 Å². The lowest BCUT2D eigenvalue weighted by molar-refractivity contribution is 0.195. The molecule has 1 rings (SSSR count). The van der Waals surface area contributed by atoms with Crippen LogP contribution < -0.4 is 0 Å². The summed E-state index contributed by atoms with van der Waals surface area (Å²) in [6, 6.07) is 3.61. The van der Waals surface area contributed by atoms with Crippen LogP contribution in [-0.2, 0) is 6.42 Å². The smallest absolute Gasteiger partial charge is 0.137 e. The Hall–Kier alpha value is -0.730. The second-order valence-electron chi connectivity index (χ2n) is 3.26. The largest absolute Gasteiger partial charge is 0.506 e. The monoisotopic (exact) mass is 200 g/mol. The van der Waals surface area contributed by atoms with Crippen LogP contribution in [0.1, 0.15) is 18.1 Å². The molecule has 0 aliphatic rings. The Balaban J connectivity index is 3.04. The van der Waals surface area contributed by atoms with Crippen LogP contribution >= 0.6 is 11.6 Å². The molecular weight excluding hydrogens is 188 g/mol. The van der Waals surface area contributed by atoms with Crippen LogP contribution in [0.3, 0.4) is 0 Å². The summed E-state index contributed by atoms with van der Waals surface area (Å²) in [5.41, 5.74) is 1.53. The van der Waals surface area contributed by atoms with Crippen LogP contribution in [0, 0.1) is 6.92 Å². The Kier molecular flexibility index (Phi) is 3.17. The molecule has 0 aromatic heterocycles. The van der Waals surface area contributed by atoms with Crippen molar-refractivity contribution in [3.8, 4) is 5.75 Å². The lowest BCUT2D eigenvalue weighted by Gasteiger charge is -2.09. The number of rotatable bonds is 2. The van der Waals surface area contributed by atoms with Gasteiger partial charge in [-0.1, -0.05) is 23.7 Å². The highest BCUT2D eigenvalue weighted by atomic mass is 35.5. The van der Waals surface area contributed by atoms with Gasteiger partial charge in [-0.25, -0.2) is 0 Å². The fourth-order valence-electron chi connectivity index (χ4n) is 1.18. The summed E-state index contributed by atoms with van der Waals surface area (Å²) in [7, 11) is 0. The Bertz CT molecular complexity index is 308. The van der Waals surface area contributed by atoms with Crippen LogP contribution in [0.25, 0.3) is 0 Å². The number of phenolic OH excluding ortho intramolecular Hbond substituents is 1. The van der Waals surface area contributed by atoms with Crippen molar-refractivity contribution in [2.45, 2.75) is 26.4 Å². The molecule has 72 valence electrons. The standard InChI is InChI=1S/C10H13ClO2/c1-6-3-4-8(5-7(2)12)9(11)10(6)13/h3-4,7,12-13H,5H2,1-2H3. The highest BCUT2D eigenvalue weighted by Crippen LogP contribution is 2.30. The topological polar surface area (TPSA) is 40.5 Å². The first kappa shape index (κ1) is 10.4. The Morgan fingerprint density at radius 1 is 1.46 bits per heavy atom. The summed E-state index contributed by atoms with van der Waals surface area (Å²) in [6.07, 6.45) is 0.0201. The van der Waals surface area contributed by atoms with Gasteiger partial charge in [0.25, 0.3) is 0 Å². The van der Waals surface area contributed by atoms with E-state index >= 15 is 0 Å². The fraction of sp³-hybridized carbons (Fsp3) is 0.400. The number of hydrogen-bond donors (Lipinski definition) is 2. The molecule has 0 aliphatic carbocycles. The first-order valence-electron chi connectivity index (χ1n) is 4.17. The molecule has 2 N–H and O–H groups in total. The molecule has 0 spiro atoms. The molecule has 1 atom stereocenters. The summed E-state index contributed by atoms with van der Waals surface area (Å²) < 4.78 is 0. The molecule has 3 heteroatoms. The first-order chi connectivity index (χ1) is 6.02. The number of aryl methyl sites for hydroxylation is 1. The summed E-state index contributed by atoms with van der Waals surface area (Å²) in [4.78, 5) is 0. The Morgan fingerprint density at radius 3 is 2.62 bits per heavy atom. The van der Waals surface area contributed by atoms with Crippen LogP contribution in [-0.4, -0.2) is 16.3 Å². The normalized spacial score (nSPS) is 12.9. The van der Waals surface area contributed by atoms with Crippen LogP contribution in [0.5, 0.6) is 5.75 Å². The highest BCUT2D eigenvalue weighted by molar-refractivity contribution is 6.32. The van der Waals surface area contributed by atoms with Gasteiger partial charge in [-0.05, 0) is 31.4 Å². The van der Waals surface area contributed by atoms with Gasteiger partial charge in [0.15, 0.2) is 0 Å². The predicted molar refractivity (Wildman–Crippen MR) is 53.2 cm³/mol. The van der Waals surface area contributed by atoms with Crippen molar-refractivity contribution in [1.82, 2.24) is 0 Å².